The molecule has 1 N–H and O–H groups in total. The first-order chi connectivity index (χ1) is 13.0. The Balaban J connectivity index is 2.08. The SMILES string of the molecule is COc1cc([C@](O)(c2ccc(OC(F)(F)F)cc2)C2(C)CN(C)C2)ccc1F. The Morgan fingerprint density at radius 2 is 1.61 bits per heavy atom. The van der Waals surface area contributed by atoms with Crippen molar-refractivity contribution >= 4 is 0 Å². The van der Waals surface area contributed by atoms with E-state index in [0.717, 1.165) is 12.1 Å². The number of likely N-dealkylation sites (tertiary alicyclic amines) is 1. The average Bonchev–Trinajstić information content (AvgIpc) is 2.59. The van der Waals surface area contributed by atoms with Gasteiger partial charge in [-0.2, -0.15) is 0 Å². The van der Waals surface area contributed by atoms with Gasteiger partial charge in [0.15, 0.2) is 11.6 Å². The van der Waals surface area contributed by atoms with Crippen molar-refractivity contribution in [3.63, 3.8) is 0 Å². The topological polar surface area (TPSA) is 41.9 Å². The van der Waals surface area contributed by atoms with E-state index in [-0.39, 0.29) is 11.5 Å². The minimum absolute atomic E-state index is 0.0239. The third kappa shape index (κ3) is 3.54. The van der Waals surface area contributed by atoms with Crippen LogP contribution in [0.5, 0.6) is 11.5 Å². The number of hydrogen-bond acceptors (Lipinski definition) is 4. The zero-order chi connectivity index (χ0) is 20.7. The van der Waals surface area contributed by atoms with Crippen molar-refractivity contribution in [1.29, 1.82) is 0 Å². The van der Waals surface area contributed by atoms with E-state index in [1.54, 1.807) is 0 Å². The number of methoxy groups -OCH3 is 1. The summed E-state index contributed by atoms with van der Waals surface area (Å²) >= 11 is 0. The summed E-state index contributed by atoms with van der Waals surface area (Å²) in [4.78, 5) is 2.01. The molecular formula is C20H21F4NO3. The molecule has 28 heavy (non-hydrogen) atoms. The highest BCUT2D eigenvalue weighted by Crippen LogP contribution is 2.51. The average molecular weight is 399 g/mol. The molecule has 1 aliphatic rings. The molecule has 1 aliphatic heterocycles. The van der Waals surface area contributed by atoms with Gasteiger partial charge >= 0.3 is 6.36 Å². The molecule has 0 spiro atoms. The second kappa shape index (κ2) is 6.93. The Morgan fingerprint density at radius 1 is 1.04 bits per heavy atom. The van der Waals surface area contributed by atoms with Crippen molar-refractivity contribution < 1.29 is 32.1 Å². The number of aliphatic hydroxyl groups is 1. The summed E-state index contributed by atoms with van der Waals surface area (Å²) in [6, 6.07) is 9.16. The van der Waals surface area contributed by atoms with Crippen LogP contribution in [0.15, 0.2) is 42.5 Å². The molecule has 0 aromatic heterocycles. The molecule has 4 nitrogen and oxygen atoms in total. The van der Waals surface area contributed by atoms with Gasteiger partial charge in [0, 0.05) is 18.5 Å². The molecule has 0 saturated carbocycles. The smallest absolute Gasteiger partial charge is 0.494 e. The van der Waals surface area contributed by atoms with Gasteiger partial charge in [-0.05, 0) is 42.4 Å². The molecule has 3 rings (SSSR count). The molecule has 152 valence electrons. The van der Waals surface area contributed by atoms with Crippen molar-refractivity contribution in [3.8, 4) is 11.5 Å². The van der Waals surface area contributed by atoms with Gasteiger partial charge in [-0.3, -0.25) is 0 Å². The van der Waals surface area contributed by atoms with Gasteiger partial charge in [-0.1, -0.05) is 25.1 Å². The minimum atomic E-state index is -4.80. The number of alkyl halides is 3. The van der Waals surface area contributed by atoms with Gasteiger partial charge in [0.1, 0.15) is 11.4 Å². The van der Waals surface area contributed by atoms with E-state index in [2.05, 4.69) is 4.74 Å². The highest BCUT2D eigenvalue weighted by molar-refractivity contribution is 5.45. The molecular weight excluding hydrogens is 378 g/mol. The number of rotatable bonds is 5. The van der Waals surface area contributed by atoms with Crippen LogP contribution in [-0.4, -0.2) is 43.6 Å². The zero-order valence-electron chi connectivity index (χ0n) is 15.7. The lowest BCUT2D eigenvalue weighted by atomic mass is 9.62. The molecule has 8 heteroatoms. The van der Waals surface area contributed by atoms with Crippen molar-refractivity contribution in [3.05, 3.63) is 59.4 Å². The van der Waals surface area contributed by atoms with Gasteiger partial charge < -0.3 is 19.5 Å². The second-order valence-corrected chi connectivity index (χ2v) is 7.36. The number of ether oxygens (including phenoxy) is 2. The van der Waals surface area contributed by atoms with E-state index in [1.165, 1.54) is 37.4 Å². The maximum Gasteiger partial charge on any atom is 0.573 e. The summed E-state index contributed by atoms with van der Waals surface area (Å²) in [5.74, 6) is -0.978. The third-order valence-electron chi connectivity index (χ3n) is 5.19. The molecule has 1 heterocycles. The molecule has 0 unspecified atom stereocenters. The molecule has 0 aliphatic carbocycles. The van der Waals surface area contributed by atoms with Crippen LogP contribution in [0, 0.1) is 11.2 Å². The molecule has 2 aromatic rings. The van der Waals surface area contributed by atoms with E-state index in [4.69, 9.17) is 4.74 Å². The Hall–Kier alpha value is -2.32. The van der Waals surface area contributed by atoms with Crippen molar-refractivity contribution in [2.45, 2.75) is 18.9 Å². The van der Waals surface area contributed by atoms with Crippen LogP contribution in [0.2, 0.25) is 0 Å². The molecule has 0 bridgehead atoms. The summed E-state index contributed by atoms with van der Waals surface area (Å²) in [5, 5.41) is 11.8. The van der Waals surface area contributed by atoms with Crippen LogP contribution in [0.25, 0.3) is 0 Å². The van der Waals surface area contributed by atoms with E-state index in [0.29, 0.717) is 24.2 Å². The highest BCUT2D eigenvalue weighted by Gasteiger charge is 2.55. The van der Waals surface area contributed by atoms with Crippen molar-refractivity contribution in [1.82, 2.24) is 4.90 Å². The fourth-order valence-electron chi connectivity index (χ4n) is 4.02. The Morgan fingerprint density at radius 3 is 2.11 bits per heavy atom. The first-order valence-corrected chi connectivity index (χ1v) is 8.60. The predicted molar refractivity (Wildman–Crippen MR) is 94.7 cm³/mol. The molecule has 0 radical (unpaired) electrons. The minimum Gasteiger partial charge on any atom is -0.494 e. The molecule has 1 saturated heterocycles. The van der Waals surface area contributed by atoms with E-state index in [9.17, 15) is 22.7 Å². The van der Waals surface area contributed by atoms with Gasteiger partial charge in [0.25, 0.3) is 0 Å². The highest BCUT2D eigenvalue weighted by atomic mass is 19.4. The quantitative estimate of drug-likeness (QED) is 0.774. The lowest BCUT2D eigenvalue weighted by molar-refractivity contribution is -0.274. The molecule has 1 fully saturated rings. The van der Waals surface area contributed by atoms with E-state index < -0.39 is 23.2 Å². The lowest BCUT2D eigenvalue weighted by Crippen LogP contribution is -2.63. The van der Waals surface area contributed by atoms with Crippen molar-refractivity contribution in [2.24, 2.45) is 5.41 Å². The maximum atomic E-state index is 13.9. The first kappa shape index (κ1) is 20.4. The predicted octanol–water partition coefficient (Wildman–Crippen LogP) is 3.92. The van der Waals surface area contributed by atoms with Crippen LogP contribution in [0.3, 0.4) is 0 Å². The Labute approximate surface area is 160 Å². The largest absolute Gasteiger partial charge is 0.573 e. The standard InChI is InChI=1S/C20H21F4NO3/c1-18(11-25(2)12-18)19(26,14-6-9-16(21)17(10-14)27-3)13-4-7-15(8-5-13)28-20(22,23)24/h4-10,26H,11-12H2,1-3H3/t19-/m1/s1. The number of halogens is 4. The second-order valence-electron chi connectivity index (χ2n) is 7.36. The van der Waals surface area contributed by atoms with E-state index in [1.807, 2.05) is 18.9 Å². The number of nitrogens with zero attached hydrogens (tertiary/aromatic N) is 1. The number of hydrogen-bond donors (Lipinski definition) is 1. The normalized spacial score (nSPS) is 18.9. The Kier molecular flexibility index (Phi) is 5.05. The van der Waals surface area contributed by atoms with Gasteiger partial charge in [0.2, 0.25) is 0 Å². The summed E-state index contributed by atoms with van der Waals surface area (Å²) in [6.07, 6.45) is -4.80. The van der Waals surface area contributed by atoms with Crippen LogP contribution < -0.4 is 9.47 Å². The zero-order valence-corrected chi connectivity index (χ0v) is 15.7. The molecule has 0 amide bonds. The van der Waals surface area contributed by atoms with Gasteiger partial charge in [-0.15, -0.1) is 13.2 Å². The summed E-state index contributed by atoms with van der Waals surface area (Å²) < 4.78 is 60.1. The lowest BCUT2D eigenvalue weighted by Gasteiger charge is -2.56. The first-order valence-electron chi connectivity index (χ1n) is 8.60. The van der Waals surface area contributed by atoms with Crippen LogP contribution in [0.4, 0.5) is 17.6 Å². The van der Waals surface area contributed by atoms with Gasteiger partial charge in [0.05, 0.1) is 7.11 Å². The molecule has 2 aromatic carbocycles. The summed E-state index contributed by atoms with van der Waals surface area (Å²) in [7, 11) is 3.22. The fraction of sp³-hybridized carbons (Fsp3) is 0.400. The van der Waals surface area contributed by atoms with Gasteiger partial charge in [-0.25, -0.2) is 4.39 Å². The fourth-order valence-corrected chi connectivity index (χ4v) is 4.02. The number of benzene rings is 2. The molecule has 1 atom stereocenters. The third-order valence-corrected chi connectivity index (χ3v) is 5.19. The van der Waals surface area contributed by atoms with Crippen molar-refractivity contribution in [2.75, 3.05) is 27.2 Å². The van der Waals surface area contributed by atoms with Crippen LogP contribution in [-0.2, 0) is 5.60 Å². The van der Waals surface area contributed by atoms with Crippen LogP contribution >= 0.6 is 0 Å². The Bertz CT molecular complexity index is 848. The maximum absolute atomic E-state index is 13.9. The van der Waals surface area contributed by atoms with Crippen LogP contribution in [0.1, 0.15) is 18.1 Å². The summed E-state index contributed by atoms with van der Waals surface area (Å²) in [6.45, 7) is 2.97. The van der Waals surface area contributed by atoms with E-state index >= 15 is 0 Å². The summed E-state index contributed by atoms with van der Waals surface area (Å²) in [5.41, 5.74) is -1.44. The monoisotopic (exact) mass is 399 g/mol.